The molecule has 0 aromatic heterocycles. The molecule has 0 heterocycles. The van der Waals surface area contributed by atoms with E-state index < -0.39 is 0 Å². The molecule has 0 N–H and O–H groups in total. The molecule has 13 heavy (non-hydrogen) atoms. The maximum Gasteiger partial charge on any atom is 0.162 e. The van der Waals surface area contributed by atoms with Gasteiger partial charge in [0, 0.05) is 12.0 Å². The Morgan fingerprint density at radius 3 is 2.85 bits per heavy atom. The Hall–Kier alpha value is -1.11. The van der Waals surface area contributed by atoms with Crippen LogP contribution in [-0.4, -0.2) is 5.78 Å². The predicted molar refractivity (Wildman–Crippen MR) is 53.1 cm³/mol. The van der Waals surface area contributed by atoms with Crippen molar-refractivity contribution in [3.05, 3.63) is 34.9 Å². The van der Waals surface area contributed by atoms with E-state index in [9.17, 15) is 4.79 Å². The quantitative estimate of drug-likeness (QED) is 0.630. The minimum atomic E-state index is 0.259. The summed E-state index contributed by atoms with van der Waals surface area (Å²) in [5.74, 6) is 0.259. The third-order valence-electron chi connectivity index (χ3n) is 2.74. The highest BCUT2D eigenvalue weighted by molar-refractivity contribution is 5.96. The van der Waals surface area contributed by atoms with Gasteiger partial charge in [0.2, 0.25) is 0 Å². The highest BCUT2D eigenvalue weighted by Gasteiger charge is 2.12. The van der Waals surface area contributed by atoms with Gasteiger partial charge >= 0.3 is 0 Å². The lowest BCUT2D eigenvalue weighted by molar-refractivity contribution is 0.0988. The van der Waals surface area contributed by atoms with Gasteiger partial charge in [0.15, 0.2) is 5.78 Å². The van der Waals surface area contributed by atoms with Crippen LogP contribution in [0.5, 0.6) is 0 Å². The molecule has 2 rings (SSSR count). The largest absolute Gasteiger partial charge is 0.294 e. The summed E-state index contributed by atoms with van der Waals surface area (Å²) < 4.78 is 0. The Kier molecular flexibility index (Phi) is 2.17. The van der Waals surface area contributed by atoms with Crippen LogP contribution in [-0.2, 0) is 12.8 Å². The zero-order valence-electron chi connectivity index (χ0n) is 7.97. The van der Waals surface area contributed by atoms with Crippen LogP contribution < -0.4 is 0 Å². The van der Waals surface area contributed by atoms with Crippen molar-refractivity contribution in [3.63, 3.8) is 0 Å². The standard InChI is InChI=1S/C12H14O/c1-2-12(13)11-7-6-9-4-3-5-10(9)8-11/h6-8H,2-5H2,1H3. The normalized spacial score (nSPS) is 14.2. The van der Waals surface area contributed by atoms with Crippen LogP contribution in [0.1, 0.15) is 41.3 Å². The van der Waals surface area contributed by atoms with Crippen LogP contribution >= 0.6 is 0 Å². The summed E-state index contributed by atoms with van der Waals surface area (Å²) >= 11 is 0. The molecule has 1 heteroatoms. The fraction of sp³-hybridized carbons (Fsp3) is 0.417. The SMILES string of the molecule is CCC(=O)c1ccc2c(c1)CCC2. The van der Waals surface area contributed by atoms with Gasteiger partial charge in [0.25, 0.3) is 0 Å². The molecule has 0 aliphatic heterocycles. The minimum absolute atomic E-state index is 0.259. The van der Waals surface area contributed by atoms with Gasteiger partial charge < -0.3 is 0 Å². The number of carbonyl (C=O) groups is 1. The van der Waals surface area contributed by atoms with E-state index in [-0.39, 0.29) is 5.78 Å². The zero-order valence-corrected chi connectivity index (χ0v) is 7.97. The van der Waals surface area contributed by atoms with Crippen molar-refractivity contribution in [3.8, 4) is 0 Å². The molecule has 0 saturated heterocycles. The van der Waals surface area contributed by atoms with E-state index in [2.05, 4.69) is 12.1 Å². The molecule has 1 aromatic carbocycles. The molecule has 0 radical (unpaired) electrons. The lowest BCUT2D eigenvalue weighted by Crippen LogP contribution is -1.97. The number of benzene rings is 1. The average molecular weight is 174 g/mol. The summed E-state index contributed by atoms with van der Waals surface area (Å²) in [6.45, 7) is 1.91. The average Bonchev–Trinajstić information content (AvgIpc) is 2.63. The van der Waals surface area contributed by atoms with E-state index in [1.54, 1.807) is 0 Å². The lowest BCUT2D eigenvalue weighted by Gasteiger charge is -2.02. The second kappa shape index (κ2) is 3.33. The van der Waals surface area contributed by atoms with Gasteiger partial charge in [-0.3, -0.25) is 4.79 Å². The first kappa shape index (κ1) is 8.49. The molecule has 0 bridgehead atoms. The number of ketones is 1. The number of hydrogen-bond acceptors (Lipinski definition) is 1. The van der Waals surface area contributed by atoms with Crippen LogP contribution in [0, 0.1) is 0 Å². The molecule has 0 amide bonds. The van der Waals surface area contributed by atoms with Crippen LogP contribution in [0.25, 0.3) is 0 Å². The third kappa shape index (κ3) is 1.51. The van der Waals surface area contributed by atoms with Crippen molar-refractivity contribution in [2.75, 3.05) is 0 Å². The number of Topliss-reactive ketones (excluding diaryl/α,β-unsaturated/α-hetero) is 1. The molecule has 0 unspecified atom stereocenters. The van der Waals surface area contributed by atoms with Crippen molar-refractivity contribution >= 4 is 5.78 Å². The predicted octanol–water partition coefficient (Wildman–Crippen LogP) is 2.77. The fourth-order valence-corrected chi connectivity index (χ4v) is 1.95. The summed E-state index contributed by atoms with van der Waals surface area (Å²) in [7, 11) is 0. The van der Waals surface area contributed by atoms with Crippen molar-refractivity contribution in [2.45, 2.75) is 32.6 Å². The maximum absolute atomic E-state index is 11.4. The Bertz CT molecular complexity index is 339. The topological polar surface area (TPSA) is 17.1 Å². The van der Waals surface area contributed by atoms with Gasteiger partial charge in [-0.05, 0) is 36.5 Å². The van der Waals surface area contributed by atoms with Gasteiger partial charge in [0.05, 0.1) is 0 Å². The first-order valence-corrected chi connectivity index (χ1v) is 4.96. The molecular weight excluding hydrogens is 160 g/mol. The molecule has 1 aromatic rings. The molecule has 0 spiro atoms. The minimum Gasteiger partial charge on any atom is -0.294 e. The van der Waals surface area contributed by atoms with E-state index in [0.29, 0.717) is 6.42 Å². The van der Waals surface area contributed by atoms with Gasteiger partial charge in [-0.25, -0.2) is 0 Å². The Balaban J connectivity index is 2.36. The number of fused-ring (bicyclic) bond motifs is 1. The first-order valence-electron chi connectivity index (χ1n) is 4.96. The van der Waals surface area contributed by atoms with Crippen LogP contribution in [0.4, 0.5) is 0 Å². The van der Waals surface area contributed by atoms with E-state index in [1.807, 2.05) is 13.0 Å². The van der Waals surface area contributed by atoms with Crippen molar-refractivity contribution in [2.24, 2.45) is 0 Å². The van der Waals surface area contributed by atoms with Crippen LogP contribution in [0.3, 0.4) is 0 Å². The van der Waals surface area contributed by atoms with Crippen molar-refractivity contribution in [1.29, 1.82) is 0 Å². The van der Waals surface area contributed by atoms with E-state index in [0.717, 1.165) is 12.0 Å². The Labute approximate surface area is 78.8 Å². The third-order valence-corrected chi connectivity index (χ3v) is 2.74. The molecule has 0 fully saturated rings. The van der Waals surface area contributed by atoms with Gasteiger partial charge in [0.1, 0.15) is 0 Å². The molecule has 1 aliphatic rings. The second-order valence-electron chi connectivity index (χ2n) is 3.61. The fourth-order valence-electron chi connectivity index (χ4n) is 1.95. The van der Waals surface area contributed by atoms with Gasteiger partial charge in [-0.1, -0.05) is 19.1 Å². The highest BCUT2D eigenvalue weighted by atomic mass is 16.1. The maximum atomic E-state index is 11.4. The summed E-state index contributed by atoms with van der Waals surface area (Å²) in [6.07, 6.45) is 4.20. The first-order chi connectivity index (χ1) is 6.31. The van der Waals surface area contributed by atoms with Crippen molar-refractivity contribution < 1.29 is 4.79 Å². The van der Waals surface area contributed by atoms with E-state index >= 15 is 0 Å². The van der Waals surface area contributed by atoms with Gasteiger partial charge in [-0.15, -0.1) is 0 Å². The molecule has 68 valence electrons. The molecule has 1 aliphatic carbocycles. The van der Waals surface area contributed by atoms with E-state index in [1.165, 1.54) is 24.0 Å². The Morgan fingerprint density at radius 2 is 2.08 bits per heavy atom. The zero-order chi connectivity index (χ0) is 9.26. The number of aryl methyl sites for hydroxylation is 2. The lowest BCUT2D eigenvalue weighted by atomic mass is 10.0. The van der Waals surface area contributed by atoms with Crippen LogP contribution in [0.2, 0.25) is 0 Å². The summed E-state index contributed by atoms with van der Waals surface area (Å²) in [5.41, 5.74) is 3.72. The van der Waals surface area contributed by atoms with E-state index in [4.69, 9.17) is 0 Å². The summed E-state index contributed by atoms with van der Waals surface area (Å²) in [6, 6.07) is 6.16. The second-order valence-corrected chi connectivity index (χ2v) is 3.61. The smallest absolute Gasteiger partial charge is 0.162 e. The molecule has 1 nitrogen and oxygen atoms in total. The van der Waals surface area contributed by atoms with Crippen molar-refractivity contribution in [1.82, 2.24) is 0 Å². The van der Waals surface area contributed by atoms with Gasteiger partial charge in [-0.2, -0.15) is 0 Å². The Morgan fingerprint density at radius 1 is 1.31 bits per heavy atom. The number of rotatable bonds is 2. The molecule has 0 atom stereocenters. The molecular formula is C12H14O. The summed E-state index contributed by atoms with van der Waals surface area (Å²) in [4.78, 5) is 11.4. The number of hydrogen-bond donors (Lipinski definition) is 0. The number of carbonyl (C=O) groups excluding carboxylic acids is 1. The van der Waals surface area contributed by atoms with Crippen LogP contribution in [0.15, 0.2) is 18.2 Å². The summed E-state index contributed by atoms with van der Waals surface area (Å²) in [5, 5.41) is 0. The monoisotopic (exact) mass is 174 g/mol. The molecule has 0 saturated carbocycles. The highest BCUT2D eigenvalue weighted by Crippen LogP contribution is 2.23.